The molecule has 100 valence electrons. The highest BCUT2D eigenvalue weighted by Crippen LogP contribution is 2.36. The molecule has 0 aliphatic heterocycles. The first-order chi connectivity index (χ1) is 8.12. The zero-order chi connectivity index (χ0) is 14.1. The van der Waals surface area contributed by atoms with Gasteiger partial charge in [-0.2, -0.15) is 13.2 Å². The van der Waals surface area contributed by atoms with E-state index in [1.807, 2.05) is 0 Å². The second-order valence-corrected chi connectivity index (χ2v) is 3.22. The molecule has 0 aromatic carbocycles. The molecule has 1 rings (SSSR count). The molecule has 0 saturated heterocycles. The number of carboxylic acids is 1. The van der Waals surface area contributed by atoms with Gasteiger partial charge in [0.15, 0.2) is 0 Å². The van der Waals surface area contributed by atoms with E-state index < -0.39 is 47.8 Å². The topological polar surface area (TPSA) is 50.2 Å². The minimum atomic E-state index is -5.19. The summed E-state index contributed by atoms with van der Waals surface area (Å²) in [7, 11) is 0. The Labute approximate surface area is 96.1 Å². The van der Waals surface area contributed by atoms with Crippen molar-refractivity contribution in [1.82, 2.24) is 4.98 Å². The number of hydrogen-bond acceptors (Lipinski definition) is 2. The average molecular weight is 273 g/mol. The first-order valence-corrected chi connectivity index (χ1v) is 4.39. The van der Waals surface area contributed by atoms with Gasteiger partial charge in [-0.15, -0.1) is 0 Å². The molecular weight excluding hydrogens is 268 g/mol. The van der Waals surface area contributed by atoms with Crippen LogP contribution in [0.2, 0.25) is 0 Å². The first kappa shape index (κ1) is 14.3. The fraction of sp³-hybridized carbons (Fsp3) is 0.333. The molecule has 1 aromatic heterocycles. The zero-order valence-corrected chi connectivity index (χ0v) is 8.43. The Hall–Kier alpha value is -1.80. The summed E-state index contributed by atoms with van der Waals surface area (Å²) in [6.45, 7) is 0. The van der Waals surface area contributed by atoms with Gasteiger partial charge in [-0.25, -0.2) is 18.2 Å². The summed E-state index contributed by atoms with van der Waals surface area (Å²) < 4.78 is 74.8. The van der Waals surface area contributed by atoms with Crippen molar-refractivity contribution in [3.05, 3.63) is 28.8 Å². The molecule has 0 fully saturated rings. The molecule has 0 aliphatic carbocycles. The summed E-state index contributed by atoms with van der Waals surface area (Å²) in [5.41, 5.74) is -4.56. The SMILES string of the molecule is O=C(O)Cc1nc(C(F)F)c(C(F)(F)F)cc1F. The van der Waals surface area contributed by atoms with Crippen molar-refractivity contribution in [3.8, 4) is 0 Å². The summed E-state index contributed by atoms with van der Waals surface area (Å²) >= 11 is 0. The van der Waals surface area contributed by atoms with Crippen molar-refractivity contribution >= 4 is 5.97 Å². The van der Waals surface area contributed by atoms with Crippen LogP contribution < -0.4 is 0 Å². The Morgan fingerprint density at radius 1 is 1.39 bits per heavy atom. The smallest absolute Gasteiger partial charge is 0.418 e. The van der Waals surface area contributed by atoms with E-state index in [1.165, 1.54) is 0 Å². The van der Waals surface area contributed by atoms with Crippen LogP contribution >= 0.6 is 0 Å². The number of pyridine rings is 1. The van der Waals surface area contributed by atoms with Gasteiger partial charge in [-0.1, -0.05) is 0 Å². The molecule has 1 heterocycles. The van der Waals surface area contributed by atoms with Gasteiger partial charge in [0.05, 0.1) is 17.7 Å². The predicted octanol–water partition coefficient (Wildman–Crippen LogP) is 2.80. The van der Waals surface area contributed by atoms with Crippen molar-refractivity contribution in [3.63, 3.8) is 0 Å². The molecule has 0 radical (unpaired) electrons. The zero-order valence-electron chi connectivity index (χ0n) is 8.43. The molecule has 9 heteroatoms. The molecule has 0 saturated carbocycles. The first-order valence-electron chi connectivity index (χ1n) is 4.39. The number of alkyl halides is 5. The van der Waals surface area contributed by atoms with Crippen LogP contribution in [0.15, 0.2) is 6.07 Å². The second kappa shape index (κ2) is 4.83. The maximum atomic E-state index is 13.1. The van der Waals surface area contributed by atoms with E-state index in [4.69, 9.17) is 5.11 Å². The molecular formula is C9H5F6NO2. The van der Waals surface area contributed by atoms with Crippen molar-refractivity contribution < 1.29 is 36.2 Å². The molecule has 1 aromatic rings. The molecule has 0 unspecified atom stereocenters. The van der Waals surface area contributed by atoms with E-state index in [-0.39, 0.29) is 6.07 Å². The van der Waals surface area contributed by atoms with Crippen LogP contribution in [0.3, 0.4) is 0 Å². The maximum absolute atomic E-state index is 13.1. The third-order valence-electron chi connectivity index (χ3n) is 1.91. The van der Waals surface area contributed by atoms with Crippen LogP contribution in [-0.4, -0.2) is 16.1 Å². The Balaban J connectivity index is 3.39. The molecule has 1 N–H and O–H groups in total. The average Bonchev–Trinajstić information content (AvgIpc) is 2.17. The van der Waals surface area contributed by atoms with Crippen LogP contribution in [0, 0.1) is 5.82 Å². The molecule has 3 nitrogen and oxygen atoms in total. The highest BCUT2D eigenvalue weighted by atomic mass is 19.4. The largest absolute Gasteiger partial charge is 0.481 e. The van der Waals surface area contributed by atoms with Crippen molar-refractivity contribution in [2.45, 2.75) is 19.0 Å². The lowest BCUT2D eigenvalue weighted by Gasteiger charge is -2.13. The van der Waals surface area contributed by atoms with E-state index >= 15 is 0 Å². The monoisotopic (exact) mass is 273 g/mol. The molecule has 0 atom stereocenters. The fourth-order valence-corrected chi connectivity index (χ4v) is 1.20. The number of carboxylic acid groups (broad SMARTS) is 1. The summed E-state index contributed by atoms with van der Waals surface area (Å²) in [5, 5.41) is 8.33. The fourth-order valence-electron chi connectivity index (χ4n) is 1.20. The summed E-state index contributed by atoms with van der Waals surface area (Å²) in [6.07, 6.45) is -9.86. The van der Waals surface area contributed by atoms with Gasteiger partial charge >= 0.3 is 12.1 Å². The van der Waals surface area contributed by atoms with Crippen LogP contribution in [-0.2, 0) is 17.4 Å². The quantitative estimate of drug-likeness (QED) is 0.861. The molecule has 0 bridgehead atoms. The Morgan fingerprint density at radius 2 is 1.94 bits per heavy atom. The number of nitrogens with zero attached hydrogens (tertiary/aromatic N) is 1. The van der Waals surface area contributed by atoms with Crippen molar-refractivity contribution in [1.29, 1.82) is 0 Å². The number of rotatable bonds is 3. The standard InChI is InChI=1S/C9H5F6NO2/c10-4-1-3(9(13,14)15)7(8(11)12)16-5(4)2-6(17)18/h1,8H,2H2,(H,17,18). The Bertz CT molecular complexity index is 471. The number of aromatic nitrogens is 1. The molecule has 0 aliphatic rings. The Kier molecular flexibility index (Phi) is 3.82. The third kappa shape index (κ3) is 3.11. The van der Waals surface area contributed by atoms with E-state index in [1.54, 1.807) is 0 Å². The molecule has 0 amide bonds. The van der Waals surface area contributed by atoms with Crippen LogP contribution in [0.1, 0.15) is 23.4 Å². The van der Waals surface area contributed by atoms with Gasteiger partial charge in [-0.3, -0.25) is 4.79 Å². The minimum absolute atomic E-state index is 0.174. The minimum Gasteiger partial charge on any atom is -0.481 e. The van der Waals surface area contributed by atoms with Gasteiger partial charge in [0.2, 0.25) is 0 Å². The number of halogens is 6. The van der Waals surface area contributed by atoms with E-state index in [2.05, 4.69) is 4.98 Å². The second-order valence-electron chi connectivity index (χ2n) is 3.22. The van der Waals surface area contributed by atoms with Crippen molar-refractivity contribution in [2.75, 3.05) is 0 Å². The predicted molar refractivity (Wildman–Crippen MR) is 45.5 cm³/mol. The van der Waals surface area contributed by atoms with E-state index in [0.29, 0.717) is 0 Å². The maximum Gasteiger partial charge on any atom is 0.418 e. The summed E-state index contributed by atoms with van der Waals surface area (Å²) in [4.78, 5) is 13.0. The van der Waals surface area contributed by atoms with Gasteiger partial charge in [0.1, 0.15) is 11.5 Å². The number of aliphatic carboxylic acids is 1. The lowest BCUT2D eigenvalue weighted by atomic mass is 10.1. The number of hydrogen-bond donors (Lipinski definition) is 1. The van der Waals surface area contributed by atoms with Gasteiger partial charge in [0.25, 0.3) is 6.43 Å². The highest BCUT2D eigenvalue weighted by Gasteiger charge is 2.38. The normalized spacial score (nSPS) is 11.9. The summed E-state index contributed by atoms with van der Waals surface area (Å²) in [6, 6.07) is -0.174. The van der Waals surface area contributed by atoms with E-state index in [0.717, 1.165) is 0 Å². The molecule has 0 spiro atoms. The van der Waals surface area contributed by atoms with Gasteiger partial charge < -0.3 is 5.11 Å². The molecule has 18 heavy (non-hydrogen) atoms. The van der Waals surface area contributed by atoms with Crippen LogP contribution in [0.5, 0.6) is 0 Å². The van der Waals surface area contributed by atoms with Crippen LogP contribution in [0.25, 0.3) is 0 Å². The van der Waals surface area contributed by atoms with Crippen molar-refractivity contribution in [2.24, 2.45) is 0 Å². The van der Waals surface area contributed by atoms with E-state index in [9.17, 15) is 31.1 Å². The lowest BCUT2D eigenvalue weighted by Crippen LogP contribution is -2.15. The lowest BCUT2D eigenvalue weighted by molar-refractivity contribution is -0.140. The third-order valence-corrected chi connectivity index (χ3v) is 1.91. The summed E-state index contributed by atoms with van der Waals surface area (Å²) in [5.74, 6) is -3.18. The van der Waals surface area contributed by atoms with Gasteiger partial charge in [0, 0.05) is 0 Å². The number of carbonyl (C=O) groups is 1. The van der Waals surface area contributed by atoms with Gasteiger partial charge in [-0.05, 0) is 6.07 Å². The highest BCUT2D eigenvalue weighted by molar-refractivity contribution is 5.69. The van der Waals surface area contributed by atoms with Crippen LogP contribution in [0.4, 0.5) is 26.3 Å². The Morgan fingerprint density at radius 3 is 2.33 bits per heavy atom.